The molecule has 0 heterocycles. The molecule has 0 bridgehead atoms. The highest BCUT2D eigenvalue weighted by Gasteiger charge is 2.09. The highest BCUT2D eigenvalue weighted by molar-refractivity contribution is 5.73. The maximum atomic E-state index is 11.3. The molecule has 0 aliphatic heterocycles. The van der Waals surface area contributed by atoms with Crippen LogP contribution in [0.2, 0.25) is 0 Å². The van der Waals surface area contributed by atoms with E-state index >= 15 is 0 Å². The molecule has 1 N–H and O–H groups in total. The number of amides is 2. The van der Waals surface area contributed by atoms with Gasteiger partial charge in [0, 0.05) is 14.1 Å². The van der Waals surface area contributed by atoms with Crippen molar-refractivity contribution in [3.05, 3.63) is 35.9 Å². The Hall–Kier alpha value is -1.51. The van der Waals surface area contributed by atoms with E-state index in [2.05, 4.69) is 5.32 Å². The standard InChI is InChI=1S/C11H16N2O/c1-9(12-11(14)13(2)3)10-7-5-4-6-8-10/h4-9H,1-3H3,(H,12,14)/t9-/m1/s1. The third-order valence-corrected chi connectivity index (χ3v) is 2.05. The maximum absolute atomic E-state index is 11.3. The van der Waals surface area contributed by atoms with Crippen LogP contribution in [-0.4, -0.2) is 25.0 Å². The summed E-state index contributed by atoms with van der Waals surface area (Å²) in [5, 5.41) is 2.88. The van der Waals surface area contributed by atoms with Crippen molar-refractivity contribution >= 4 is 6.03 Å². The van der Waals surface area contributed by atoms with E-state index < -0.39 is 0 Å². The second kappa shape index (κ2) is 4.65. The van der Waals surface area contributed by atoms with Gasteiger partial charge < -0.3 is 10.2 Å². The topological polar surface area (TPSA) is 32.3 Å². The number of hydrogen-bond donors (Lipinski definition) is 1. The Bertz CT molecular complexity index is 295. The molecule has 14 heavy (non-hydrogen) atoms. The van der Waals surface area contributed by atoms with Crippen molar-refractivity contribution in [3.63, 3.8) is 0 Å². The molecule has 3 heteroatoms. The van der Waals surface area contributed by atoms with Gasteiger partial charge in [0.15, 0.2) is 0 Å². The number of nitrogens with zero attached hydrogens (tertiary/aromatic N) is 1. The molecule has 1 atom stereocenters. The molecule has 0 saturated heterocycles. The number of hydrogen-bond acceptors (Lipinski definition) is 1. The molecule has 1 aromatic rings. The number of carbonyl (C=O) groups excluding carboxylic acids is 1. The predicted octanol–water partition coefficient (Wildman–Crippen LogP) is 2.02. The van der Waals surface area contributed by atoms with Gasteiger partial charge in [0.25, 0.3) is 0 Å². The van der Waals surface area contributed by atoms with Crippen molar-refractivity contribution in [1.82, 2.24) is 10.2 Å². The van der Waals surface area contributed by atoms with Crippen LogP contribution in [0.5, 0.6) is 0 Å². The molecule has 3 nitrogen and oxygen atoms in total. The molecular formula is C11H16N2O. The second-order valence-electron chi connectivity index (χ2n) is 3.48. The van der Waals surface area contributed by atoms with Gasteiger partial charge in [-0.2, -0.15) is 0 Å². The van der Waals surface area contributed by atoms with E-state index in [0.29, 0.717) is 0 Å². The largest absolute Gasteiger partial charge is 0.331 e. The lowest BCUT2D eigenvalue weighted by molar-refractivity contribution is 0.214. The Morgan fingerprint density at radius 3 is 2.36 bits per heavy atom. The third kappa shape index (κ3) is 2.76. The van der Waals surface area contributed by atoms with E-state index in [9.17, 15) is 4.79 Å². The quantitative estimate of drug-likeness (QED) is 0.764. The summed E-state index contributed by atoms with van der Waals surface area (Å²) in [7, 11) is 3.46. The highest BCUT2D eigenvalue weighted by Crippen LogP contribution is 2.10. The van der Waals surface area contributed by atoms with Crippen molar-refractivity contribution in [2.75, 3.05) is 14.1 Å². The fourth-order valence-electron chi connectivity index (χ4n) is 1.14. The lowest BCUT2D eigenvalue weighted by atomic mass is 10.1. The van der Waals surface area contributed by atoms with Crippen LogP contribution in [-0.2, 0) is 0 Å². The van der Waals surface area contributed by atoms with Crippen LogP contribution in [0.3, 0.4) is 0 Å². The predicted molar refractivity (Wildman–Crippen MR) is 57.1 cm³/mol. The number of benzene rings is 1. The summed E-state index contributed by atoms with van der Waals surface area (Å²) < 4.78 is 0. The summed E-state index contributed by atoms with van der Waals surface area (Å²) in [6, 6.07) is 9.87. The van der Waals surface area contributed by atoms with Gasteiger partial charge >= 0.3 is 6.03 Å². The first-order chi connectivity index (χ1) is 6.61. The van der Waals surface area contributed by atoms with Crippen molar-refractivity contribution in [2.45, 2.75) is 13.0 Å². The maximum Gasteiger partial charge on any atom is 0.317 e. The smallest absolute Gasteiger partial charge is 0.317 e. The van der Waals surface area contributed by atoms with Gasteiger partial charge in [-0.1, -0.05) is 30.3 Å². The first-order valence-electron chi connectivity index (χ1n) is 4.64. The SMILES string of the molecule is C[C@@H](NC(=O)N(C)C)c1ccccc1. The van der Waals surface area contributed by atoms with Crippen LogP contribution in [0, 0.1) is 0 Å². The van der Waals surface area contributed by atoms with E-state index in [1.54, 1.807) is 14.1 Å². The van der Waals surface area contributed by atoms with Crippen molar-refractivity contribution < 1.29 is 4.79 Å². The van der Waals surface area contributed by atoms with E-state index in [1.807, 2.05) is 37.3 Å². The molecule has 1 aromatic carbocycles. The van der Waals surface area contributed by atoms with Crippen molar-refractivity contribution in [2.24, 2.45) is 0 Å². The van der Waals surface area contributed by atoms with Gasteiger partial charge in [-0.3, -0.25) is 0 Å². The fraction of sp³-hybridized carbons (Fsp3) is 0.364. The van der Waals surface area contributed by atoms with E-state index in [4.69, 9.17) is 0 Å². The molecule has 0 radical (unpaired) electrons. The van der Waals surface area contributed by atoms with Crippen LogP contribution in [0.1, 0.15) is 18.5 Å². The third-order valence-electron chi connectivity index (χ3n) is 2.05. The number of urea groups is 1. The minimum atomic E-state index is -0.0682. The average molecular weight is 192 g/mol. The van der Waals surface area contributed by atoms with Gasteiger partial charge in [-0.25, -0.2) is 4.79 Å². The lowest BCUT2D eigenvalue weighted by Gasteiger charge is -2.17. The average Bonchev–Trinajstić information content (AvgIpc) is 2.19. The molecular weight excluding hydrogens is 176 g/mol. The Labute approximate surface area is 84.7 Å². The summed E-state index contributed by atoms with van der Waals surface area (Å²) >= 11 is 0. The first kappa shape index (κ1) is 10.6. The molecule has 1 rings (SSSR count). The first-order valence-corrected chi connectivity index (χ1v) is 4.64. The number of nitrogens with one attached hydrogen (secondary N) is 1. The van der Waals surface area contributed by atoms with Gasteiger partial charge in [0.05, 0.1) is 6.04 Å². The van der Waals surface area contributed by atoms with Gasteiger partial charge in [0.1, 0.15) is 0 Å². The van der Waals surface area contributed by atoms with Crippen LogP contribution in [0.4, 0.5) is 4.79 Å². The van der Waals surface area contributed by atoms with Gasteiger partial charge in [-0.05, 0) is 12.5 Å². The summed E-state index contributed by atoms with van der Waals surface area (Å²) in [4.78, 5) is 12.9. The molecule has 0 aliphatic rings. The molecule has 0 fully saturated rings. The molecule has 0 aliphatic carbocycles. The molecule has 2 amide bonds. The van der Waals surface area contributed by atoms with Crippen LogP contribution < -0.4 is 5.32 Å². The Balaban J connectivity index is 2.59. The summed E-state index contributed by atoms with van der Waals surface area (Å²) in [6.45, 7) is 1.97. The van der Waals surface area contributed by atoms with Crippen LogP contribution in [0.15, 0.2) is 30.3 Å². The number of carbonyl (C=O) groups is 1. The summed E-state index contributed by atoms with van der Waals surface area (Å²) in [5.74, 6) is 0. The van der Waals surface area contributed by atoms with Crippen LogP contribution in [0.25, 0.3) is 0 Å². The normalized spacial score (nSPS) is 11.9. The van der Waals surface area contributed by atoms with Crippen LogP contribution >= 0.6 is 0 Å². The second-order valence-corrected chi connectivity index (χ2v) is 3.48. The molecule has 0 saturated carbocycles. The minimum Gasteiger partial charge on any atom is -0.331 e. The van der Waals surface area contributed by atoms with E-state index in [0.717, 1.165) is 5.56 Å². The zero-order chi connectivity index (χ0) is 10.6. The van der Waals surface area contributed by atoms with Crippen molar-refractivity contribution in [1.29, 1.82) is 0 Å². The Kier molecular flexibility index (Phi) is 3.51. The minimum absolute atomic E-state index is 0.0473. The zero-order valence-corrected chi connectivity index (χ0v) is 8.82. The van der Waals surface area contributed by atoms with Gasteiger partial charge in [-0.15, -0.1) is 0 Å². The molecule has 0 spiro atoms. The zero-order valence-electron chi connectivity index (χ0n) is 8.82. The summed E-state index contributed by atoms with van der Waals surface area (Å²) in [6.07, 6.45) is 0. The number of rotatable bonds is 2. The Morgan fingerprint density at radius 1 is 1.29 bits per heavy atom. The lowest BCUT2D eigenvalue weighted by Crippen LogP contribution is -2.36. The monoisotopic (exact) mass is 192 g/mol. The highest BCUT2D eigenvalue weighted by atomic mass is 16.2. The van der Waals surface area contributed by atoms with E-state index in [1.165, 1.54) is 4.90 Å². The van der Waals surface area contributed by atoms with Crippen molar-refractivity contribution in [3.8, 4) is 0 Å². The molecule has 0 unspecified atom stereocenters. The Morgan fingerprint density at radius 2 is 1.86 bits per heavy atom. The van der Waals surface area contributed by atoms with E-state index in [-0.39, 0.29) is 12.1 Å². The summed E-state index contributed by atoms with van der Waals surface area (Å²) in [5.41, 5.74) is 1.11. The van der Waals surface area contributed by atoms with Gasteiger partial charge in [0.2, 0.25) is 0 Å². The molecule has 76 valence electrons. The fourth-order valence-corrected chi connectivity index (χ4v) is 1.14. The molecule has 0 aromatic heterocycles.